The Morgan fingerprint density at radius 3 is 1.86 bits per heavy atom. The fraction of sp³-hybridized carbons (Fsp3) is 0.263. The van der Waals surface area contributed by atoms with Gasteiger partial charge in [-0.05, 0) is 11.1 Å². The molecule has 0 saturated heterocycles. The van der Waals surface area contributed by atoms with E-state index in [2.05, 4.69) is 0 Å². The Bertz CT molecular complexity index is 632. The molecule has 0 N–H and O–H groups in total. The van der Waals surface area contributed by atoms with Crippen molar-refractivity contribution >= 4 is 11.6 Å². The lowest BCUT2D eigenvalue weighted by molar-refractivity contribution is -0.125. The van der Waals surface area contributed by atoms with Gasteiger partial charge in [0, 0.05) is 11.0 Å². The maximum Gasteiger partial charge on any atom is 0.170 e. The summed E-state index contributed by atoms with van der Waals surface area (Å²) in [6, 6.07) is 17.4. The van der Waals surface area contributed by atoms with Gasteiger partial charge < -0.3 is 0 Å². The van der Waals surface area contributed by atoms with Crippen LogP contribution in [-0.2, 0) is 4.79 Å². The molecular weight excluding hydrogens is 260 g/mol. The van der Waals surface area contributed by atoms with Crippen LogP contribution in [0.1, 0.15) is 37.6 Å². The Kier molecular flexibility index (Phi) is 4.37. The first-order chi connectivity index (χ1) is 9.88. The van der Waals surface area contributed by atoms with E-state index < -0.39 is 5.41 Å². The zero-order valence-corrected chi connectivity index (χ0v) is 12.7. The van der Waals surface area contributed by atoms with Gasteiger partial charge >= 0.3 is 0 Å². The van der Waals surface area contributed by atoms with E-state index in [-0.39, 0.29) is 18.0 Å². The first kappa shape index (κ1) is 15.2. The lowest BCUT2D eigenvalue weighted by Gasteiger charge is -2.15. The molecule has 0 aromatic heterocycles. The minimum atomic E-state index is -0.473. The summed E-state index contributed by atoms with van der Waals surface area (Å²) in [6.07, 6.45) is -0.0335. The molecule has 0 aliphatic rings. The number of ketones is 2. The molecule has 0 atom stereocenters. The largest absolute Gasteiger partial charge is 0.299 e. The molecule has 0 spiro atoms. The summed E-state index contributed by atoms with van der Waals surface area (Å²) in [4.78, 5) is 24.0. The van der Waals surface area contributed by atoms with Crippen molar-refractivity contribution in [1.82, 2.24) is 0 Å². The van der Waals surface area contributed by atoms with Crippen molar-refractivity contribution in [3.63, 3.8) is 0 Å². The second kappa shape index (κ2) is 6.04. The van der Waals surface area contributed by atoms with Crippen molar-refractivity contribution < 1.29 is 9.59 Å². The van der Waals surface area contributed by atoms with Crippen LogP contribution in [-0.4, -0.2) is 11.6 Å². The van der Waals surface area contributed by atoms with Crippen LogP contribution in [0.25, 0.3) is 11.1 Å². The van der Waals surface area contributed by atoms with Gasteiger partial charge in [0.1, 0.15) is 5.78 Å². The highest BCUT2D eigenvalue weighted by Crippen LogP contribution is 2.21. The SMILES string of the molecule is CC(C)(C)C(=O)CC(=O)c1ccc(-c2ccccc2)cc1. The minimum absolute atomic E-state index is 0.0281. The van der Waals surface area contributed by atoms with E-state index in [4.69, 9.17) is 0 Å². The van der Waals surface area contributed by atoms with Crippen LogP contribution in [0.2, 0.25) is 0 Å². The molecule has 0 heterocycles. The van der Waals surface area contributed by atoms with Crippen LogP contribution in [0, 0.1) is 5.41 Å². The first-order valence-electron chi connectivity index (χ1n) is 7.10. The van der Waals surface area contributed by atoms with Crippen molar-refractivity contribution in [3.8, 4) is 11.1 Å². The molecule has 2 heteroatoms. The Morgan fingerprint density at radius 1 is 0.810 bits per heavy atom. The second-order valence-electron chi connectivity index (χ2n) is 6.22. The van der Waals surface area contributed by atoms with E-state index in [1.807, 2.05) is 63.2 Å². The average molecular weight is 280 g/mol. The van der Waals surface area contributed by atoms with Crippen molar-refractivity contribution in [1.29, 1.82) is 0 Å². The summed E-state index contributed by atoms with van der Waals surface area (Å²) < 4.78 is 0. The molecule has 0 saturated carbocycles. The summed E-state index contributed by atoms with van der Waals surface area (Å²) in [7, 11) is 0. The van der Waals surface area contributed by atoms with Gasteiger partial charge in [-0.3, -0.25) is 9.59 Å². The lowest BCUT2D eigenvalue weighted by Crippen LogP contribution is -2.23. The first-order valence-corrected chi connectivity index (χ1v) is 7.10. The van der Waals surface area contributed by atoms with Crippen LogP contribution in [0.3, 0.4) is 0 Å². The predicted octanol–water partition coefficient (Wildman–Crippen LogP) is 4.54. The van der Waals surface area contributed by atoms with E-state index in [0.29, 0.717) is 5.56 Å². The topological polar surface area (TPSA) is 34.1 Å². The fourth-order valence-corrected chi connectivity index (χ4v) is 1.99. The number of hydrogen-bond donors (Lipinski definition) is 0. The molecule has 0 radical (unpaired) electrons. The molecule has 2 aromatic rings. The second-order valence-corrected chi connectivity index (χ2v) is 6.22. The summed E-state index contributed by atoms with van der Waals surface area (Å²) in [5.41, 5.74) is 2.29. The minimum Gasteiger partial charge on any atom is -0.299 e. The third-order valence-electron chi connectivity index (χ3n) is 3.47. The van der Waals surface area contributed by atoms with Crippen LogP contribution < -0.4 is 0 Å². The van der Waals surface area contributed by atoms with Gasteiger partial charge in [-0.25, -0.2) is 0 Å². The number of carbonyl (C=O) groups excluding carboxylic acids is 2. The average Bonchev–Trinajstić information content (AvgIpc) is 2.47. The molecule has 0 fully saturated rings. The standard InChI is InChI=1S/C19H20O2/c1-19(2,3)18(21)13-17(20)16-11-9-15(10-12-16)14-7-5-4-6-8-14/h4-12H,13H2,1-3H3. The summed E-state index contributed by atoms with van der Waals surface area (Å²) >= 11 is 0. The molecule has 0 unspecified atom stereocenters. The highest BCUT2D eigenvalue weighted by atomic mass is 16.1. The molecule has 0 bridgehead atoms. The Balaban J connectivity index is 2.13. The quantitative estimate of drug-likeness (QED) is 0.608. The maximum absolute atomic E-state index is 12.1. The van der Waals surface area contributed by atoms with Gasteiger partial charge in [0.15, 0.2) is 5.78 Å². The maximum atomic E-state index is 12.1. The van der Waals surface area contributed by atoms with Gasteiger partial charge in [0.2, 0.25) is 0 Å². The van der Waals surface area contributed by atoms with Gasteiger partial charge in [-0.15, -0.1) is 0 Å². The van der Waals surface area contributed by atoms with Crippen molar-refractivity contribution in [2.24, 2.45) is 5.41 Å². The molecule has 0 amide bonds. The van der Waals surface area contributed by atoms with Crippen LogP contribution >= 0.6 is 0 Å². The number of Topliss-reactive ketones (excluding diaryl/α,β-unsaturated/α-hetero) is 2. The summed E-state index contributed by atoms with van der Waals surface area (Å²) in [6.45, 7) is 5.50. The van der Waals surface area contributed by atoms with Gasteiger partial charge in [0.25, 0.3) is 0 Å². The van der Waals surface area contributed by atoms with Crippen LogP contribution in [0.5, 0.6) is 0 Å². The molecule has 0 aliphatic heterocycles. The van der Waals surface area contributed by atoms with Crippen LogP contribution in [0.4, 0.5) is 0 Å². The van der Waals surface area contributed by atoms with Crippen LogP contribution in [0.15, 0.2) is 54.6 Å². The smallest absolute Gasteiger partial charge is 0.170 e. The third kappa shape index (κ3) is 3.88. The highest BCUT2D eigenvalue weighted by Gasteiger charge is 2.24. The molecule has 108 valence electrons. The predicted molar refractivity (Wildman–Crippen MR) is 85.3 cm³/mol. The van der Waals surface area contributed by atoms with Crippen molar-refractivity contribution in [2.45, 2.75) is 27.2 Å². The Hall–Kier alpha value is -2.22. The van der Waals surface area contributed by atoms with Gasteiger partial charge in [-0.1, -0.05) is 75.4 Å². The molecule has 21 heavy (non-hydrogen) atoms. The van der Waals surface area contributed by atoms with Crippen molar-refractivity contribution in [2.75, 3.05) is 0 Å². The molecule has 2 nitrogen and oxygen atoms in total. The number of benzene rings is 2. The highest BCUT2D eigenvalue weighted by molar-refractivity contribution is 6.09. The molecule has 0 aliphatic carbocycles. The zero-order valence-electron chi connectivity index (χ0n) is 12.7. The monoisotopic (exact) mass is 280 g/mol. The number of hydrogen-bond acceptors (Lipinski definition) is 2. The van der Waals surface area contributed by atoms with Crippen molar-refractivity contribution in [3.05, 3.63) is 60.2 Å². The molecule has 2 rings (SSSR count). The number of rotatable bonds is 4. The summed E-state index contributed by atoms with van der Waals surface area (Å²) in [5, 5.41) is 0. The van der Waals surface area contributed by atoms with Gasteiger partial charge in [-0.2, -0.15) is 0 Å². The zero-order chi connectivity index (χ0) is 15.5. The lowest BCUT2D eigenvalue weighted by atomic mass is 9.87. The van der Waals surface area contributed by atoms with E-state index in [9.17, 15) is 9.59 Å². The van der Waals surface area contributed by atoms with Gasteiger partial charge in [0.05, 0.1) is 6.42 Å². The van der Waals surface area contributed by atoms with E-state index >= 15 is 0 Å². The third-order valence-corrected chi connectivity index (χ3v) is 3.47. The Labute approximate surface area is 125 Å². The normalized spacial score (nSPS) is 11.2. The van der Waals surface area contributed by atoms with E-state index in [0.717, 1.165) is 11.1 Å². The van der Waals surface area contributed by atoms with E-state index in [1.165, 1.54) is 0 Å². The number of carbonyl (C=O) groups is 2. The van der Waals surface area contributed by atoms with E-state index in [1.54, 1.807) is 12.1 Å². The fourth-order valence-electron chi connectivity index (χ4n) is 1.99. The molecular formula is C19H20O2. The Morgan fingerprint density at radius 2 is 1.33 bits per heavy atom. The summed E-state index contributed by atoms with van der Waals surface area (Å²) in [5.74, 6) is -0.144. The molecule has 2 aromatic carbocycles.